The Morgan fingerprint density at radius 1 is 0.429 bits per heavy atom. The Bertz CT molecular complexity index is 4140. The predicted octanol–water partition coefficient (Wildman–Crippen LogP) is 11.7. The third kappa shape index (κ3) is 9.22. The van der Waals surface area contributed by atoms with Gasteiger partial charge in [-0.25, -0.2) is 19.2 Å². The molecule has 16 heteroatoms. The second kappa shape index (κ2) is 21.6. The molecule has 0 bridgehead atoms. The molecule has 7 aromatic carbocycles. The van der Waals surface area contributed by atoms with Crippen LogP contribution in [-0.2, 0) is 80.5 Å². The van der Waals surface area contributed by atoms with Crippen LogP contribution < -0.4 is 9.47 Å². The highest BCUT2D eigenvalue weighted by molar-refractivity contribution is 7.17. The Morgan fingerprint density at radius 3 is 1.20 bits per heavy atom. The lowest BCUT2D eigenvalue weighted by molar-refractivity contribution is -0.185. The van der Waals surface area contributed by atoms with Gasteiger partial charge in [0.05, 0.1) is 0 Å². The first-order valence-corrected chi connectivity index (χ1v) is 28.2. The summed E-state index contributed by atoms with van der Waals surface area (Å²) < 4.78 is 38.0. The van der Waals surface area contributed by atoms with E-state index in [0.29, 0.717) is 48.7 Å². The average molecular weight is 1150 g/mol. The average Bonchev–Trinajstić information content (AvgIpc) is 1.56. The van der Waals surface area contributed by atoms with Crippen molar-refractivity contribution in [3.63, 3.8) is 0 Å². The number of carbonyl (C=O) groups is 7. The number of aliphatic hydroxyl groups excluding tert-OH is 1. The number of fused-ring (bicyclic) bond motifs is 8. The van der Waals surface area contributed by atoms with Gasteiger partial charge in [-0.3, -0.25) is 14.4 Å². The van der Waals surface area contributed by atoms with E-state index >= 15 is 19.2 Å². The molecule has 0 amide bonds. The molecule has 13 rings (SSSR count). The molecule has 0 radical (unpaired) electrons. The topological polar surface area (TPSA) is 195 Å². The van der Waals surface area contributed by atoms with E-state index in [4.69, 9.17) is 28.4 Å². The van der Waals surface area contributed by atoms with Crippen molar-refractivity contribution in [1.82, 2.24) is 0 Å². The molecule has 0 fully saturated rings. The van der Waals surface area contributed by atoms with Crippen molar-refractivity contribution in [3.8, 4) is 32.4 Å². The smallest absolute Gasteiger partial charge is 0.367 e. The predicted molar refractivity (Wildman–Crippen MR) is 311 cm³/mol. The summed E-state index contributed by atoms with van der Waals surface area (Å²) in [5.74, 6) is -6.63. The van der Waals surface area contributed by atoms with Crippen LogP contribution in [0.2, 0.25) is 0 Å². The molecule has 0 saturated heterocycles. The van der Waals surface area contributed by atoms with E-state index in [2.05, 4.69) is 0 Å². The van der Waals surface area contributed by atoms with Gasteiger partial charge in [-0.1, -0.05) is 170 Å². The number of rotatable bonds is 14. The van der Waals surface area contributed by atoms with Crippen LogP contribution in [0.15, 0.2) is 194 Å². The molecule has 0 saturated carbocycles. The molecule has 1 N–H and O–H groups in total. The third-order valence-electron chi connectivity index (χ3n) is 14.9. The van der Waals surface area contributed by atoms with Crippen LogP contribution in [0, 0.1) is 0 Å². The van der Waals surface area contributed by atoms with Crippen molar-refractivity contribution in [2.24, 2.45) is 0 Å². The van der Waals surface area contributed by atoms with Crippen LogP contribution in [0.25, 0.3) is 44.2 Å². The van der Waals surface area contributed by atoms with E-state index < -0.39 is 58.5 Å². The minimum absolute atomic E-state index is 0.0246. The largest absolute Gasteiger partial charge is 0.459 e. The van der Waals surface area contributed by atoms with Crippen LogP contribution in [0.4, 0.5) is 0 Å². The molecule has 0 spiro atoms. The number of hydrogen-bond acceptors (Lipinski definition) is 16. The van der Waals surface area contributed by atoms with Crippen molar-refractivity contribution >= 4 is 87.2 Å². The molecular weight excluding hydrogens is 1100 g/mol. The molecule has 4 aliphatic rings. The van der Waals surface area contributed by atoms with Crippen molar-refractivity contribution in [2.45, 2.75) is 43.7 Å². The number of benzene rings is 7. The first-order chi connectivity index (χ1) is 40.9. The Hall–Kier alpha value is -10.1. The minimum Gasteiger partial charge on any atom is -0.459 e. The van der Waals surface area contributed by atoms with Gasteiger partial charge in [0.15, 0.2) is 5.78 Å². The zero-order valence-electron chi connectivity index (χ0n) is 44.1. The van der Waals surface area contributed by atoms with Gasteiger partial charge in [0.25, 0.3) is 0 Å². The third-order valence-corrected chi connectivity index (χ3v) is 17.1. The van der Waals surface area contributed by atoms with E-state index in [1.165, 1.54) is 24.3 Å². The summed E-state index contributed by atoms with van der Waals surface area (Å²) in [5, 5.41) is 11.4. The van der Waals surface area contributed by atoms with Crippen LogP contribution in [-0.4, -0.2) is 52.4 Å². The number of aliphatic hydroxyl groups is 1. The van der Waals surface area contributed by atoms with E-state index in [9.17, 15) is 19.5 Å². The summed E-state index contributed by atoms with van der Waals surface area (Å²) >= 11 is 2.14. The molecule has 1 unspecified atom stereocenters. The number of ether oxygens (including phenoxy) is 6. The highest BCUT2D eigenvalue weighted by Gasteiger charge is 2.61. The van der Waals surface area contributed by atoms with Crippen LogP contribution in [0.5, 0.6) is 11.5 Å². The van der Waals surface area contributed by atoms with Gasteiger partial charge in [0, 0.05) is 58.5 Å². The van der Waals surface area contributed by atoms with E-state index in [-0.39, 0.29) is 86.6 Å². The van der Waals surface area contributed by atoms with Gasteiger partial charge >= 0.3 is 35.1 Å². The van der Waals surface area contributed by atoms with E-state index in [1.54, 1.807) is 182 Å². The van der Waals surface area contributed by atoms with Crippen LogP contribution in [0.3, 0.4) is 0 Å². The molecule has 2 aromatic heterocycles. The Kier molecular flexibility index (Phi) is 13.7. The van der Waals surface area contributed by atoms with Gasteiger partial charge in [-0.2, -0.15) is 0 Å². The summed E-state index contributed by atoms with van der Waals surface area (Å²) in [7, 11) is 0. The number of carbonyl (C=O) groups excluding carboxylic acids is 7. The summed E-state index contributed by atoms with van der Waals surface area (Å²) in [6, 6.07) is 54.8. The molecule has 2 aliphatic heterocycles. The number of hydrogen-bond donors (Lipinski definition) is 1. The first-order valence-electron chi connectivity index (χ1n) is 26.5. The van der Waals surface area contributed by atoms with Crippen molar-refractivity contribution in [2.75, 3.05) is 0 Å². The lowest BCUT2D eigenvalue weighted by Crippen LogP contribution is -2.52. The van der Waals surface area contributed by atoms with E-state index in [0.717, 1.165) is 22.7 Å². The van der Waals surface area contributed by atoms with Crippen molar-refractivity contribution in [1.29, 1.82) is 0 Å². The molecule has 2 aliphatic carbocycles. The lowest BCUT2D eigenvalue weighted by atomic mass is 9.85. The fourth-order valence-corrected chi connectivity index (χ4v) is 13.1. The molecular formula is C68H44O14S2. The summed E-state index contributed by atoms with van der Waals surface area (Å²) in [6.07, 6.45) is 1.57. The van der Waals surface area contributed by atoms with E-state index in [1.807, 2.05) is 0 Å². The molecule has 9 aromatic rings. The van der Waals surface area contributed by atoms with Crippen molar-refractivity contribution < 1.29 is 67.1 Å². The number of Topliss-reactive ketones (excluding diaryl/α,β-unsaturated/α-hetero) is 3. The Balaban J connectivity index is 1.02. The highest BCUT2D eigenvalue weighted by atomic mass is 32.1. The monoisotopic (exact) mass is 1150 g/mol. The standard InChI is InChI=1S/C68H44O14S2/c69-57-47-27-15-13-25-45(47)49(59(57)71)29-43-31-53-61(83-43)51-34-56-52(33-55(51)81-67(53,63(73)77-35-39-17-5-1-6-18-39)64(74)78-36-40-19-7-2-8-20-40)62-54(32-44(84-62)30-50-46-26-14-16-28-48(46)58(70)60(50)72)68(82-56,65(75)79-37-41-21-9-3-10-22-41)66(76)80-38-42-23-11-4-12-24-42/h1-34,59,71H,35-38H2/b49-29-,50-30-. The molecule has 4 heterocycles. The summed E-state index contributed by atoms with van der Waals surface area (Å²) in [6.45, 7) is -1.12. The maximum absolute atomic E-state index is 15.4. The molecule has 1 atom stereocenters. The molecule has 14 nitrogen and oxygen atoms in total. The van der Waals surface area contributed by atoms with Crippen molar-refractivity contribution in [3.05, 3.63) is 260 Å². The van der Waals surface area contributed by atoms with Gasteiger partial charge < -0.3 is 33.5 Å². The Labute approximate surface area is 487 Å². The van der Waals surface area contributed by atoms with Gasteiger partial charge in [0.2, 0.25) is 11.6 Å². The van der Waals surface area contributed by atoms with Gasteiger partial charge in [-0.15, -0.1) is 22.7 Å². The van der Waals surface area contributed by atoms with Crippen LogP contribution in [0.1, 0.15) is 75.0 Å². The first kappa shape index (κ1) is 53.2. The second-order valence-corrected chi connectivity index (χ2v) is 22.3. The quantitative estimate of drug-likeness (QED) is 0.0355. The maximum atomic E-state index is 15.4. The number of allylic oxidation sites excluding steroid dienone is 1. The number of thiophene rings is 2. The second-order valence-electron chi connectivity index (χ2n) is 20.1. The fourth-order valence-electron chi connectivity index (χ4n) is 10.7. The Morgan fingerprint density at radius 2 is 0.786 bits per heavy atom. The summed E-state index contributed by atoms with van der Waals surface area (Å²) in [4.78, 5) is 103. The fraction of sp³-hybridized carbons (Fsp3) is 0.103. The van der Waals surface area contributed by atoms with Crippen LogP contribution >= 0.6 is 22.7 Å². The van der Waals surface area contributed by atoms with Gasteiger partial charge in [-0.05, 0) is 75.4 Å². The lowest BCUT2D eigenvalue weighted by Gasteiger charge is -2.37. The van der Waals surface area contributed by atoms with Gasteiger partial charge in [0.1, 0.15) is 44.0 Å². The maximum Gasteiger partial charge on any atom is 0.367 e. The summed E-state index contributed by atoms with van der Waals surface area (Å²) in [5.41, 5.74) is -0.860. The molecule has 412 valence electrons. The number of ketones is 3. The minimum atomic E-state index is -2.70. The highest BCUT2D eigenvalue weighted by Crippen LogP contribution is 2.58. The zero-order chi connectivity index (χ0) is 57.7. The number of esters is 4. The molecule has 84 heavy (non-hydrogen) atoms. The normalized spacial score (nSPS) is 16.4. The SMILES string of the molecule is O=C1C(=O)c2ccccc2/C1=C/c1cc2c(s1)-c1cc3c(cc1OC2(C(=O)OCc1ccccc1)C(=O)OCc1ccccc1)-c1sc(/C=C2/c4ccccc4C(=O)C2O)cc1C(C(=O)OCc1ccccc1)(C(=O)OCc1ccccc1)O3. The zero-order valence-corrected chi connectivity index (χ0v) is 45.7.